The summed E-state index contributed by atoms with van der Waals surface area (Å²) in [5.41, 5.74) is 3.36. The fourth-order valence-corrected chi connectivity index (χ4v) is 4.30. The van der Waals surface area contributed by atoms with Crippen molar-refractivity contribution in [2.75, 3.05) is 19.7 Å². The molecule has 1 fully saturated rings. The van der Waals surface area contributed by atoms with Crippen LogP contribution in [0.1, 0.15) is 32.3 Å². The Balaban J connectivity index is 1.88. The lowest BCUT2D eigenvalue weighted by Gasteiger charge is -2.55. The molecule has 0 aliphatic carbocycles. The van der Waals surface area contributed by atoms with Crippen LogP contribution in [0.5, 0.6) is 0 Å². The molecule has 148 valence electrons. The van der Waals surface area contributed by atoms with Crippen LogP contribution in [0.25, 0.3) is 11.1 Å². The summed E-state index contributed by atoms with van der Waals surface area (Å²) in [5.74, 6) is -0.0652. The maximum absolute atomic E-state index is 12.2. The minimum Gasteiger partial charge on any atom is -0.394 e. The highest BCUT2D eigenvalue weighted by Crippen LogP contribution is 2.41. The molecule has 0 bridgehead atoms. The number of aliphatic hydroxyl groups is 1. The van der Waals surface area contributed by atoms with Crippen LogP contribution < -0.4 is 0 Å². The van der Waals surface area contributed by atoms with E-state index in [-0.39, 0.29) is 36.4 Å². The second-order valence-electron chi connectivity index (χ2n) is 7.32. The summed E-state index contributed by atoms with van der Waals surface area (Å²) in [6.45, 7) is 5.99. The van der Waals surface area contributed by atoms with Crippen molar-refractivity contribution in [1.82, 2.24) is 9.80 Å². The van der Waals surface area contributed by atoms with Gasteiger partial charge in [-0.05, 0) is 23.6 Å². The van der Waals surface area contributed by atoms with E-state index in [2.05, 4.69) is 36.4 Å². The number of rotatable bonds is 6. The van der Waals surface area contributed by atoms with Gasteiger partial charge in [0, 0.05) is 32.9 Å². The minimum atomic E-state index is -0.254. The number of amides is 2. The molecule has 1 saturated heterocycles. The fourth-order valence-electron chi connectivity index (χ4n) is 4.30. The molecule has 0 saturated carbocycles. The van der Waals surface area contributed by atoms with E-state index in [1.165, 1.54) is 6.92 Å². The monoisotopic (exact) mass is 380 g/mol. The Morgan fingerprint density at radius 2 is 1.57 bits per heavy atom. The molecule has 1 heterocycles. The molecule has 0 unspecified atom stereocenters. The number of likely N-dealkylation sites (tertiary alicyclic amines) is 1. The molecule has 1 aliphatic heterocycles. The highest BCUT2D eigenvalue weighted by atomic mass is 16.3. The van der Waals surface area contributed by atoms with E-state index < -0.39 is 0 Å². The van der Waals surface area contributed by atoms with E-state index in [0.29, 0.717) is 13.1 Å². The lowest BCUT2D eigenvalue weighted by molar-refractivity contribution is -0.152. The van der Waals surface area contributed by atoms with Gasteiger partial charge in [0.05, 0.1) is 18.7 Å². The number of hydrogen-bond acceptors (Lipinski definition) is 3. The van der Waals surface area contributed by atoms with Crippen LogP contribution in [0.4, 0.5) is 0 Å². The van der Waals surface area contributed by atoms with Gasteiger partial charge in [0.25, 0.3) is 0 Å². The predicted molar refractivity (Wildman–Crippen MR) is 110 cm³/mol. The Kier molecular flexibility index (Phi) is 6.15. The minimum absolute atomic E-state index is 0.00312. The molecule has 0 radical (unpaired) electrons. The maximum atomic E-state index is 12.2. The maximum Gasteiger partial charge on any atom is 0.220 e. The predicted octanol–water partition coefficient (Wildman–Crippen LogP) is 2.90. The van der Waals surface area contributed by atoms with E-state index in [1.54, 1.807) is 16.7 Å². The molecular weight excluding hydrogens is 352 g/mol. The molecular formula is C23H28N2O3. The SMILES string of the molecule is CCN(C[C@H]1[C@H](c2ccc(-c3ccccc3)cc2)[C@H](CO)N1C(C)=O)C(C)=O. The number of carbonyl (C=O) groups excluding carboxylic acids is 2. The topological polar surface area (TPSA) is 60.9 Å². The number of aliphatic hydroxyl groups excluding tert-OH is 1. The van der Waals surface area contributed by atoms with Crippen molar-refractivity contribution in [3.8, 4) is 11.1 Å². The summed E-state index contributed by atoms with van der Waals surface area (Å²) in [6.07, 6.45) is 0. The summed E-state index contributed by atoms with van der Waals surface area (Å²) in [6, 6.07) is 18.1. The average molecular weight is 380 g/mol. The highest BCUT2D eigenvalue weighted by molar-refractivity contribution is 5.77. The molecule has 5 nitrogen and oxygen atoms in total. The molecule has 5 heteroatoms. The zero-order valence-corrected chi connectivity index (χ0v) is 16.7. The Morgan fingerprint density at radius 3 is 2.07 bits per heavy atom. The Morgan fingerprint density at radius 1 is 0.964 bits per heavy atom. The second-order valence-corrected chi connectivity index (χ2v) is 7.32. The molecule has 28 heavy (non-hydrogen) atoms. The largest absolute Gasteiger partial charge is 0.394 e. The molecule has 3 rings (SSSR count). The van der Waals surface area contributed by atoms with Crippen molar-refractivity contribution in [2.45, 2.75) is 38.8 Å². The van der Waals surface area contributed by atoms with Crippen LogP contribution in [0.15, 0.2) is 54.6 Å². The number of benzene rings is 2. The van der Waals surface area contributed by atoms with Gasteiger partial charge in [-0.3, -0.25) is 9.59 Å². The zero-order chi connectivity index (χ0) is 20.3. The number of carbonyl (C=O) groups is 2. The lowest BCUT2D eigenvalue weighted by atomic mass is 9.74. The highest BCUT2D eigenvalue weighted by Gasteiger charge is 2.50. The smallest absolute Gasteiger partial charge is 0.220 e. The third kappa shape index (κ3) is 3.80. The van der Waals surface area contributed by atoms with Gasteiger partial charge in [-0.1, -0.05) is 54.6 Å². The summed E-state index contributed by atoms with van der Waals surface area (Å²) in [4.78, 5) is 27.5. The van der Waals surface area contributed by atoms with Gasteiger partial charge in [-0.2, -0.15) is 0 Å². The van der Waals surface area contributed by atoms with E-state index in [4.69, 9.17) is 0 Å². The van der Waals surface area contributed by atoms with Crippen molar-refractivity contribution < 1.29 is 14.7 Å². The first-order valence-corrected chi connectivity index (χ1v) is 9.78. The molecule has 1 N–H and O–H groups in total. The van der Waals surface area contributed by atoms with Crippen LogP contribution in [0.3, 0.4) is 0 Å². The van der Waals surface area contributed by atoms with Crippen LogP contribution in [-0.2, 0) is 9.59 Å². The van der Waals surface area contributed by atoms with Gasteiger partial charge in [-0.25, -0.2) is 0 Å². The molecule has 2 aromatic rings. The fraction of sp³-hybridized carbons (Fsp3) is 0.391. The van der Waals surface area contributed by atoms with Crippen LogP contribution in [0, 0.1) is 0 Å². The van der Waals surface area contributed by atoms with Gasteiger partial charge in [0.1, 0.15) is 0 Å². The standard InChI is InChI=1S/C23H28N2O3/c1-4-24(16(2)27)14-21-23(22(15-26)25(21)17(3)28)20-12-10-19(11-13-20)18-8-6-5-7-9-18/h5-13,21-23,26H,4,14-15H2,1-3H3/t21-,22-,23-/m0/s1. The summed E-state index contributed by atoms with van der Waals surface area (Å²) in [5, 5.41) is 9.91. The second kappa shape index (κ2) is 8.57. The van der Waals surface area contributed by atoms with Gasteiger partial charge in [-0.15, -0.1) is 0 Å². The molecule has 0 aromatic heterocycles. The molecule has 0 spiro atoms. The van der Waals surface area contributed by atoms with E-state index in [0.717, 1.165) is 16.7 Å². The van der Waals surface area contributed by atoms with Crippen molar-refractivity contribution in [3.63, 3.8) is 0 Å². The summed E-state index contributed by atoms with van der Waals surface area (Å²) < 4.78 is 0. The van der Waals surface area contributed by atoms with E-state index in [9.17, 15) is 14.7 Å². The first kappa shape index (κ1) is 20.1. The molecule has 1 aliphatic rings. The van der Waals surface area contributed by atoms with Crippen molar-refractivity contribution in [3.05, 3.63) is 60.2 Å². The van der Waals surface area contributed by atoms with Gasteiger partial charge in [0.2, 0.25) is 11.8 Å². The zero-order valence-electron chi connectivity index (χ0n) is 16.7. The van der Waals surface area contributed by atoms with Crippen LogP contribution in [0.2, 0.25) is 0 Å². The normalized spacial score (nSPS) is 21.1. The average Bonchev–Trinajstić information content (AvgIpc) is 2.68. The van der Waals surface area contributed by atoms with Gasteiger partial charge < -0.3 is 14.9 Å². The first-order valence-electron chi connectivity index (χ1n) is 9.78. The Bertz CT molecular complexity index is 820. The molecule has 2 amide bonds. The van der Waals surface area contributed by atoms with Crippen LogP contribution in [-0.4, -0.2) is 58.5 Å². The third-order valence-electron chi connectivity index (χ3n) is 5.73. The molecule has 3 atom stereocenters. The van der Waals surface area contributed by atoms with Gasteiger partial charge in [0.15, 0.2) is 0 Å². The van der Waals surface area contributed by atoms with Crippen molar-refractivity contribution >= 4 is 11.8 Å². The Hall–Kier alpha value is -2.66. The summed E-state index contributed by atoms with van der Waals surface area (Å²) in [7, 11) is 0. The van der Waals surface area contributed by atoms with E-state index >= 15 is 0 Å². The summed E-state index contributed by atoms with van der Waals surface area (Å²) >= 11 is 0. The van der Waals surface area contributed by atoms with Crippen molar-refractivity contribution in [2.24, 2.45) is 0 Å². The first-order chi connectivity index (χ1) is 13.5. The van der Waals surface area contributed by atoms with Gasteiger partial charge >= 0.3 is 0 Å². The molecule has 2 aromatic carbocycles. The van der Waals surface area contributed by atoms with Crippen molar-refractivity contribution in [1.29, 1.82) is 0 Å². The number of likely N-dealkylation sites (N-methyl/N-ethyl adjacent to an activating group) is 1. The quantitative estimate of drug-likeness (QED) is 0.838. The number of hydrogen-bond donors (Lipinski definition) is 1. The Labute approximate surface area is 166 Å². The number of nitrogens with zero attached hydrogens (tertiary/aromatic N) is 2. The lowest BCUT2D eigenvalue weighted by Crippen LogP contribution is -2.68. The van der Waals surface area contributed by atoms with Crippen LogP contribution >= 0.6 is 0 Å². The third-order valence-corrected chi connectivity index (χ3v) is 5.73. The van der Waals surface area contributed by atoms with E-state index in [1.807, 2.05) is 25.1 Å².